The van der Waals surface area contributed by atoms with E-state index in [1.165, 1.54) is 12.4 Å². The summed E-state index contributed by atoms with van der Waals surface area (Å²) in [5.74, 6) is -2.80. The average Bonchev–Trinajstić information content (AvgIpc) is 3.33. The van der Waals surface area contributed by atoms with Gasteiger partial charge in [-0.05, 0) is 47.6 Å². The lowest BCUT2D eigenvalue weighted by Crippen LogP contribution is -2.26. The smallest absolute Gasteiger partial charge is 0.167 e. The quantitative estimate of drug-likeness (QED) is 0.0773. The molecule has 2 saturated heterocycles. The van der Waals surface area contributed by atoms with E-state index in [0.29, 0.717) is 126 Å². The third kappa shape index (κ3) is 13.8. The topological polar surface area (TPSA) is 238 Å². The van der Waals surface area contributed by atoms with Gasteiger partial charge in [0.1, 0.15) is 23.7 Å². The van der Waals surface area contributed by atoms with E-state index in [2.05, 4.69) is 9.98 Å². The first-order valence-electron chi connectivity index (χ1n) is 24.2. The van der Waals surface area contributed by atoms with Crippen molar-refractivity contribution < 1.29 is 78.0 Å². The molecule has 0 spiro atoms. The molecule has 4 aromatic rings. The molecule has 0 aromatic heterocycles. The minimum atomic E-state index is -0.508. The highest BCUT2D eigenvalue weighted by atomic mass is 16.6. The monoisotopic (exact) mass is 980 g/mol. The van der Waals surface area contributed by atoms with Gasteiger partial charge in [-0.3, -0.25) is 9.98 Å². The van der Waals surface area contributed by atoms with Crippen LogP contribution in [-0.4, -0.2) is 187 Å². The molecule has 4 aromatic carbocycles. The number of aromatic hydroxyl groups is 6. The van der Waals surface area contributed by atoms with E-state index in [0.717, 1.165) is 0 Å². The molecule has 2 fully saturated rings. The number of rotatable bonds is 9. The Morgan fingerprint density at radius 1 is 0.443 bits per heavy atom. The Bertz CT molecular complexity index is 2210. The van der Waals surface area contributed by atoms with Crippen LogP contribution in [0.25, 0.3) is 32.7 Å². The number of aryl methyl sites for hydroxylation is 2. The maximum Gasteiger partial charge on any atom is 0.167 e. The minimum absolute atomic E-state index is 0.0495. The summed E-state index contributed by atoms with van der Waals surface area (Å²) in [4.78, 5) is 9.31. The van der Waals surface area contributed by atoms with Gasteiger partial charge in [0, 0.05) is 56.6 Å². The Morgan fingerprint density at radius 3 is 1.06 bits per heavy atom. The second-order valence-electron chi connectivity index (χ2n) is 17.8. The van der Waals surface area contributed by atoms with Crippen LogP contribution in [0.3, 0.4) is 0 Å². The molecule has 18 nitrogen and oxygen atoms in total. The van der Waals surface area contributed by atoms with Crippen molar-refractivity contribution in [3.05, 3.63) is 45.5 Å². The maximum absolute atomic E-state index is 12.6. The fraction of sp³-hybridized carbons (Fsp3) is 0.577. The van der Waals surface area contributed by atoms with E-state index in [1.54, 1.807) is 26.0 Å². The molecular weight excluding hydrogens is 909 g/mol. The van der Waals surface area contributed by atoms with Gasteiger partial charge in [-0.25, -0.2) is 0 Å². The normalized spacial score (nSPS) is 20.0. The van der Waals surface area contributed by atoms with Gasteiger partial charge < -0.3 is 78.0 Å². The predicted molar refractivity (Wildman–Crippen MR) is 265 cm³/mol. The van der Waals surface area contributed by atoms with E-state index in [-0.39, 0.29) is 107 Å². The molecule has 2 aliphatic heterocycles. The molecule has 0 saturated carbocycles. The van der Waals surface area contributed by atoms with Crippen LogP contribution >= 0.6 is 0 Å². The molecule has 2 atom stereocenters. The molecule has 0 radical (unpaired) electrons. The molecule has 18 heteroatoms. The van der Waals surface area contributed by atoms with Crippen LogP contribution in [0, 0.1) is 13.8 Å². The first-order chi connectivity index (χ1) is 33.8. The van der Waals surface area contributed by atoms with Gasteiger partial charge in [0.2, 0.25) is 0 Å². The molecule has 0 bridgehead atoms. The molecule has 386 valence electrons. The molecular formula is C52H72N2O16. The van der Waals surface area contributed by atoms with Crippen molar-refractivity contribution in [2.45, 2.75) is 65.6 Å². The maximum atomic E-state index is 12.6. The number of phenolic OH excluding ortho intramolecular Hbond substituents is 6. The number of hydrogen-bond donors (Lipinski definition) is 6. The first-order valence-corrected chi connectivity index (χ1v) is 24.2. The van der Waals surface area contributed by atoms with E-state index >= 15 is 0 Å². The molecule has 2 unspecified atom stereocenters. The summed E-state index contributed by atoms with van der Waals surface area (Å²) in [6.07, 6.45) is 1.77. The van der Waals surface area contributed by atoms with Crippen molar-refractivity contribution in [1.29, 1.82) is 0 Å². The first kappa shape index (κ1) is 54.5. The van der Waals surface area contributed by atoms with Crippen molar-refractivity contribution >= 4 is 34.0 Å². The Hall–Kier alpha value is -4.86. The van der Waals surface area contributed by atoms with Crippen LogP contribution in [-0.2, 0) is 47.4 Å². The Labute approximate surface area is 409 Å². The van der Waals surface area contributed by atoms with Gasteiger partial charge in [0.05, 0.1) is 132 Å². The van der Waals surface area contributed by atoms with E-state index in [9.17, 15) is 30.6 Å². The fourth-order valence-electron chi connectivity index (χ4n) is 8.75. The zero-order valence-corrected chi connectivity index (χ0v) is 41.4. The highest BCUT2D eigenvalue weighted by Crippen LogP contribution is 2.54. The summed E-state index contributed by atoms with van der Waals surface area (Å²) < 4.78 is 57.2. The van der Waals surface area contributed by atoms with Crippen LogP contribution < -0.4 is 0 Å². The standard InChI is InChI=1S/C52H72N2O16/c1-31(2)41-37-23-33(5)43(49(57)45(37)39(47(55)51(41)59)27-53-25-35-29-67-17-15-63-9-7-61-11-13-65-19-21-69-35)44-34(6)24-38-42(32(3)4)52(60)48(56)40(46(38)50(44)58)28-54-26-36-30-68-18-16-64-10-8-62-12-14-66-20-22-70-36/h23-24,27-28,31-32,35-36,55-60H,7-22,25-26,29-30H2,1-6H3. The number of phenols is 6. The van der Waals surface area contributed by atoms with Gasteiger partial charge in [-0.1, -0.05) is 39.8 Å². The van der Waals surface area contributed by atoms with Crippen LogP contribution in [0.2, 0.25) is 0 Å². The molecule has 2 heterocycles. The molecule has 6 rings (SSSR count). The number of ether oxygens (including phenoxy) is 10. The van der Waals surface area contributed by atoms with Crippen LogP contribution in [0.5, 0.6) is 34.5 Å². The van der Waals surface area contributed by atoms with Gasteiger partial charge in [-0.15, -0.1) is 0 Å². The molecule has 0 amide bonds. The third-order valence-electron chi connectivity index (χ3n) is 12.0. The molecule has 6 N–H and O–H groups in total. The summed E-state index contributed by atoms with van der Waals surface area (Å²) in [6, 6.07) is 3.61. The summed E-state index contributed by atoms with van der Waals surface area (Å²) in [5, 5.41) is 73.1. The number of aliphatic imine (C=N–C) groups is 2. The summed E-state index contributed by atoms with van der Waals surface area (Å²) in [7, 11) is 0. The van der Waals surface area contributed by atoms with E-state index in [1.807, 2.05) is 27.7 Å². The van der Waals surface area contributed by atoms with Crippen molar-refractivity contribution in [1.82, 2.24) is 0 Å². The highest BCUT2D eigenvalue weighted by Gasteiger charge is 2.30. The van der Waals surface area contributed by atoms with Gasteiger partial charge in [-0.2, -0.15) is 0 Å². The number of fused-ring (bicyclic) bond motifs is 2. The fourth-order valence-corrected chi connectivity index (χ4v) is 8.75. The zero-order valence-electron chi connectivity index (χ0n) is 41.4. The second kappa shape index (κ2) is 27.1. The largest absolute Gasteiger partial charge is 0.507 e. The highest BCUT2D eigenvalue weighted by molar-refractivity contribution is 6.15. The van der Waals surface area contributed by atoms with Crippen LogP contribution in [0.4, 0.5) is 0 Å². The van der Waals surface area contributed by atoms with Gasteiger partial charge in [0.25, 0.3) is 0 Å². The van der Waals surface area contributed by atoms with Gasteiger partial charge >= 0.3 is 0 Å². The average molecular weight is 981 g/mol. The van der Waals surface area contributed by atoms with Crippen molar-refractivity contribution in [3.8, 4) is 45.6 Å². The number of benzene rings is 4. The number of nitrogens with zero attached hydrogens (tertiary/aromatic N) is 2. The van der Waals surface area contributed by atoms with Crippen molar-refractivity contribution in [3.63, 3.8) is 0 Å². The lowest BCUT2D eigenvalue weighted by molar-refractivity contribution is -0.0412. The Balaban J connectivity index is 1.42. The van der Waals surface area contributed by atoms with E-state index in [4.69, 9.17) is 47.4 Å². The third-order valence-corrected chi connectivity index (χ3v) is 12.0. The zero-order chi connectivity index (χ0) is 50.2. The Kier molecular flexibility index (Phi) is 21.1. The predicted octanol–water partition coefficient (Wildman–Crippen LogP) is 6.53. The minimum Gasteiger partial charge on any atom is -0.507 e. The van der Waals surface area contributed by atoms with Crippen LogP contribution in [0.1, 0.15) is 72.9 Å². The van der Waals surface area contributed by atoms with Gasteiger partial charge in [0.15, 0.2) is 23.0 Å². The SMILES string of the molecule is Cc1cc2c(C(C)C)c(O)c(O)c(C=NCC3COCCOCCOCCOCCO3)c2c(O)c1-c1c(C)cc2c(C(C)C)c(O)c(O)c(C=NCC3COCCOCCOCCOCCO3)c2c1O. The molecule has 70 heavy (non-hydrogen) atoms. The summed E-state index contributed by atoms with van der Waals surface area (Å²) in [6.45, 7) is 17.7. The Morgan fingerprint density at radius 2 is 0.743 bits per heavy atom. The number of hydrogen-bond acceptors (Lipinski definition) is 18. The second-order valence-corrected chi connectivity index (χ2v) is 17.8. The molecule has 0 aliphatic carbocycles. The van der Waals surface area contributed by atoms with Crippen molar-refractivity contribution in [2.75, 3.05) is 132 Å². The van der Waals surface area contributed by atoms with E-state index < -0.39 is 23.7 Å². The summed E-state index contributed by atoms with van der Waals surface area (Å²) in [5.41, 5.74) is 2.49. The van der Waals surface area contributed by atoms with Crippen LogP contribution in [0.15, 0.2) is 22.1 Å². The lowest BCUT2D eigenvalue weighted by Gasteiger charge is -2.23. The lowest BCUT2D eigenvalue weighted by atomic mass is 9.83. The molecule has 2 aliphatic rings. The van der Waals surface area contributed by atoms with Crippen molar-refractivity contribution in [2.24, 2.45) is 9.98 Å². The summed E-state index contributed by atoms with van der Waals surface area (Å²) >= 11 is 0.